The fraction of sp³-hybridized carbons (Fsp3) is 0.600. The van der Waals surface area contributed by atoms with Gasteiger partial charge in [0.15, 0.2) is 11.5 Å². The highest BCUT2D eigenvalue weighted by Crippen LogP contribution is 2.42. The number of rotatable bonds is 2. The third-order valence-electron chi connectivity index (χ3n) is 4.09. The normalized spacial score (nSPS) is 27.5. The number of aliphatic hydroxyl groups is 1. The first-order chi connectivity index (χ1) is 9.31. The van der Waals surface area contributed by atoms with Gasteiger partial charge in [-0.2, -0.15) is 0 Å². The molecule has 1 saturated heterocycles. The summed E-state index contributed by atoms with van der Waals surface area (Å²) >= 11 is 0. The van der Waals surface area contributed by atoms with Crippen LogP contribution in [0.1, 0.15) is 30.9 Å². The zero-order valence-corrected chi connectivity index (χ0v) is 11.3. The highest BCUT2D eigenvalue weighted by atomic mass is 16.5. The fourth-order valence-electron chi connectivity index (χ4n) is 3.18. The van der Waals surface area contributed by atoms with Crippen molar-refractivity contribution in [1.82, 2.24) is 4.90 Å². The molecule has 1 aromatic rings. The average molecular weight is 263 g/mol. The lowest BCUT2D eigenvalue weighted by Gasteiger charge is -2.40. The number of likely N-dealkylation sites (tertiary alicyclic amines) is 1. The van der Waals surface area contributed by atoms with E-state index in [2.05, 4.69) is 4.90 Å². The first-order valence-corrected chi connectivity index (χ1v) is 7.03. The number of hydrogen-bond acceptors (Lipinski definition) is 4. The van der Waals surface area contributed by atoms with E-state index in [1.807, 2.05) is 18.2 Å². The Morgan fingerprint density at radius 3 is 2.79 bits per heavy atom. The molecule has 4 heteroatoms. The smallest absolute Gasteiger partial charge is 0.166 e. The summed E-state index contributed by atoms with van der Waals surface area (Å²) in [5, 5.41) is 10.3. The van der Waals surface area contributed by atoms with Crippen LogP contribution in [0.2, 0.25) is 0 Å². The molecule has 2 atom stereocenters. The average Bonchev–Trinajstić information content (AvgIpc) is 2.47. The van der Waals surface area contributed by atoms with Crippen molar-refractivity contribution in [3.8, 4) is 11.5 Å². The van der Waals surface area contributed by atoms with E-state index >= 15 is 0 Å². The van der Waals surface area contributed by atoms with Gasteiger partial charge in [-0.3, -0.25) is 4.90 Å². The predicted octanol–water partition coefficient (Wildman–Crippen LogP) is 1.98. The molecule has 0 saturated carbocycles. The van der Waals surface area contributed by atoms with Gasteiger partial charge < -0.3 is 14.6 Å². The maximum Gasteiger partial charge on any atom is 0.166 e. The van der Waals surface area contributed by atoms with Crippen molar-refractivity contribution < 1.29 is 14.6 Å². The number of methoxy groups -OCH3 is 1. The van der Waals surface area contributed by atoms with Gasteiger partial charge >= 0.3 is 0 Å². The van der Waals surface area contributed by atoms with Crippen LogP contribution in [0.25, 0.3) is 0 Å². The molecule has 0 bridgehead atoms. The van der Waals surface area contributed by atoms with E-state index in [4.69, 9.17) is 9.47 Å². The molecule has 1 fully saturated rings. The molecule has 1 N–H and O–H groups in total. The lowest BCUT2D eigenvalue weighted by molar-refractivity contribution is -0.00766. The number of ether oxygens (including phenoxy) is 2. The van der Waals surface area contributed by atoms with Gasteiger partial charge in [0.1, 0.15) is 12.7 Å². The van der Waals surface area contributed by atoms with Crippen molar-refractivity contribution in [1.29, 1.82) is 0 Å². The maximum atomic E-state index is 10.3. The summed E-state index contributed by atoms with van der Waals surface area (Å²) in [7, 11) is 1.65. The fourth-order valence-corrected chi connectivity index (χ4v) is 3.18. The molecule has 1 aromatic carbocycles. The molecule has 104 valence electrons. The minimum atomic E-state index is -0.460. The molecule has 0 radical (unpaired) electrons. The van der Waals surface area contributed by atoms with Gasteiger partial charge in [-0.1, -0.05) is 18.6 Å². The van der Waals surface area contributed by atoms with Crippen LogP contribution in [0.15, 0.2) is 18.2 Å². The first kappa shape index (κ1) is 12.8. The van der Waals surface area contributed by atoms with Crippen LogP contribution >= 0.6 is 0 Å². The van der Waals surface area contributed by atoms with Crippen LogP contribution in [0.3, 0.4) is 0 Å². The summed E-state index contributed by atoms with van der Waals surface area (Å²) in [5.74, 6) is 1.55. The molecule has 3 rings (SSSR count). The molecule has 4 nitrogen and oxygen atoms in total. The van der Waals surface area contributed by atoms with Crippen molar-refractivity contribution in [2.75, 3.05) is 26.8 Å². The summed E-state index contributed by atoms with van der Waals surface area (Å²) in [6, 6.07) is 5.96. The summed E-state index contributed by atoms with van der Waals surface area (Å²) in [4.78, 5) is 2.38. The van der Waals surface area contributed by atoms with Crippen LogP contribution in [-0.4, -0.2) is 42.9 Å². The van der Waals surface area contributed by atoms with Crippen molar-refractivity contribution in [2.24, 2.45) is 0 Å². The van der Waals surface area contributed by atoms with E-state index in [-0.39, 0.29) is 6.04 Å². The Hall–Kier alpha value is -1.26. The zero-order chi connectivity index (χ0) is 13.2. The van der Waals surface area contributed by atoms with Crippen LogP contribution in [0, 0.1) is 0 Å². The van der Waals surface area contributed by atoms with Gasteiger partial charge in [0.25, 0.3) is 0 Å². The second-order valence-electron chi connectivity index (χ2n) is 5.30. The van der Waals surface area contributed by atoms with Gasteiger partial charge in [0.05, 0.1) is 13.2 Å². The highest BCUT2D eigenvalue weighted by Gasteiger charge is 2.35. The van der Waals surface area contributed by atoms with E-state index in [0.29, 0.717) is 6.61 Å². The van der Waals surface area contributed by atoms with E-state index in [0.717, 1.165) is 30.2 Å². The molecule has 2 aliphatic rings. The molecule has 0 spiro atoms. The quantitative estimate of drug-likeness (QED) is 0.886. The maximum absolute atomic E-state index is 10.3. The number of hydrogen-bond donors (Lipinski definition) is 1. The third-order valence-corrected chi connectivity index (χ3v) is 4.09. The molecular weight excluding hydrogens is 242 g/mol. The summed E-state index contributed by atoms with van der Waals surface area (Å²) < 4.78 is 11.0. The van der Waals surface area contributed by atoms with Gasteiger partial charge in [0, 0.05) is 5.56 Å². The number of aliphatic hydroxyl groups excluding tert-OH is 1. The molecule has 2 unspecified atom stereocenters. The number of para-hydroxylation sites is 1. The van der Waals surface area contributed by atoms with Gasteiger partial charge in [-0.05, 0) is 32.0 Å². The van der Waals surface area contributed by atoms with E-state index < -0.39 is 6.10 Å². The second-order valence-corrected chi connectivity index (χ2v) is 5.30. The molecular formula is C15H21NO3. The highest BCUT2D eigenvalue weighted by molar-refractivity contribution is 5.49. The van der Waals surface area contributed by atoms with Gasteiger partial charge in [0.2, 0.25) is 0 Å². The predicted molar refractivity (Wildman–Crippen MR) is 72.7 cm³/mol. The van der Waals surface area contributed by atoms with E-state index in [9.17, 15) is 5.11 Å². The molecule has 2 heterocycles. The number of piperidine rings is 1. The number of fused-ring (bicyclic) bond motifs is 1. The molecule has 2 aliphatic heterocycles. The standard InChI is InChI=1S/C15H21NO3/c1-18-13-7-5-6-11-14(12(17)10-19-15(11)13)16-8-3-2-4-9-16/h5-7,12,14,17H,2-4,8-10H2,1H3. The van der Waals surface area contributed by atoms with Crippen molar-refractivity contribution in [2.45, 2.75) is 31.4 Å². The number of nitrogens with zero attached hydrogens (tertiary/aromatic N) is 1. The van der Waals surface area contributed by atoms with Gasteiger partial charge in [-0.15, -0.1) is 0 Å². The van der Waals surface area contributed by atoms with E-state index in [1.54, 1.807) is 7.11 Å². The second kappa shape index (κ2) is 5.39. The Kier molecular flexibility index (Phi) is 3.62. The molecule has 0 aromatic heterocycles. The number of benzene rings is 1. The minimum absolute atomic E-state index is 0.0409. The zero-order valence-electron chi connectivity index (χ0n) is 11.3. The van der Waals surface area contributed by atoms with Crippen molar-refractivity contribution in [3.63, 3.8) is 0 Å². The Morgan fingerprint density at radius 1 is 1.26 bits per heavy atom. The monoisotopic (exact) mass is 263 g/mol. The first-order valence-electron chi connectivity index (χ1n) is 7.03. The summed E-state index contributed by atoms with van der Waals surface area (Å²) in [6.45, 7) is 2.45. The molecule has 19 heavy (non-hydrogen) atoms. The topological polar surface area (TPSA) is 41.9 Å². The third kappa shape index (κ3) is 2.30. The molecule has 0 amide bonds. The lowest BCUT2D eigenvalue weighted by atomic mass is 9.94. The largest absolute Gasteiger partial charge is 0.493 e. The van der Waals surface area contributed by atoms with Crippen molar-refractivity contribution >= 4 is 0 Å². The van der Waals surface area contributed by atoms with Gasteiger partial charge in [-0.25, -0.2) is 0 Å². The van der Waals surface area contributed by atoms with Crippen LogP contribution in [-0.2, 0) is 0 Å². The Balaban J connectivity index is 1.96. The van der Waals surface area contributed by atoms with Crippen LogP contribution in [0.5, 0.6) is 11.5 Å². The lowest BCUT2D eigenvalue weighted by Crippen LogP contribution is -2.44. The van der Waals surface area contributed by atoms with Crippen LogP contribution in [0.4, 0.5) is 0 Å². The minimum Gasteiger partial charge on any atom is -0.493 e. The summed E-state index contributed by atoms with van der Waals surface area (Å²) in [5.41, 5.74) is 1.06. The van der Waals surface area contributed by atoms with E-state index in [1.165, 1.54) is 19.3 Å². The molecule has 0 aliphatic carbocycles. The summed E-state index contributed by atoms with van der Waals surface area (Å²) in [6.07, 6.45) is 3.26. The Labute approximate surface area is 113 Å². The van der Waals surface area contributed by atoms with Crippen molar-refractivity contribution in [3.05, 3.63) is 23.8 Å². The van der Waals surface area contributed by atoms with Crippen LogP contribution < -0.4 is 9.47 Å². The SMILES string of the molecule is COc1cccc2c1OCC(O)C2N1CCCCC1. The Morgan fingerprint density at radius 2 is 2.05 bits per heavy atom. The Bertz CT molecular complexity index is 443.